The molecule has 0 spiro atoms. The van der Waals surface area contributed by atoms with Crippen molar-refractivity contribution in [2.45, 2.75) is 64.4 Å². The van der Waals surface area contributed by atoms with Crippen molar-refractivity contribution in [2.24, 2.45) is 23.2 Å². The first kappa shape index (κ1) is 13.8. The van der Waals surface area contributed by atoms with Crippen molar-refractivity contribution >= 4 is 5.78 Å². The van der Waals surface area contributed by atoms with Crippen LogP contribution in [0.4, 0.5) is 0 Å². The monoisotopic (exact) mass is 286 g/mol. The maximum absolute atomic E-state index is 11.7. The van der Waals surface area contributed by atoms with Gasteiger partial charge in [0.2, 0.25) is 0 Å². The van der Waals surface area contributed by atoms with Gasteiger partial charge < -0.3 is 5.11 Å². The third kappa shape index (κ3) is 2.06. The molecule has 0 bridgehead atoms. The second-order valence-electron chi connectivity index (χ2n) is 7.96. The van der Waals surface area contributed by atoms with Gasteiger partial charge in [-0.15, -0.1) is 0 Å². The van der Waals surface area contributed by atoms with E-state index in [-0.39, 0.29) is 11.5 Å². The number of allylic oxidation sites excluding steroid dienone is 4. The number of carbonyl (C=O) groups is 1. The lowest BCUT2D eigenvalue weighted by Gasteiger charge is -2.43. The Bertz CT molecular complexity index is 530. The molecule has 21 heavy (non-hydrogen) atoms. The van der Waals surface area contributed by atoms with E-state index in [4.69, 9.17) is 0 Å². The van der Waals surface area contributed by atoms with E-state index in [0.717, 1.165) is 32.1 Å². The molecule has 2 fully saturated rings. The Morgan fingerprint density at radius 1 is 1.14 bits per heavy atom. The van der Waals surface area contributed by atoms with E-state index in [1.165, 1.54) is 24.8 Å². The largest absolute Gasteiger partial charge is 0.393 e. The first-order chi connectivity index (χ1) is 10.1. The normalized spacial score (nSPS) is 45.9. The molecule has 114 valence electrons. The summed E-state index contributed by atoms with van der Waals surface area (Å²) >= 11 is 0. The molecular weight excluding hydrogens is 260 g/mol. The molecule has 2 nitrogen and oxygen atoms in total. The molecule has 0 amide bonds. The third-order valence-corrected chi connectivity index (χ3v) is 6.96. The minimum Gasteiger partial charge on any atom is -0.393 e. The van der Waals surface area contributed by atoms with E-state index in [1.807, 2.05) is 6.08 Å². The summed E-state index contributed by atoms with van der Waals surface area (Å²) in [5.74, 6) is 2.27. The Kier molecular flexibility index (Phi) is 3.15. The van der Waals surface area contributed by atoms with Gasteiger partial charge in [0.05, 0.1) is 6.10 Å². The van der Waals surface area contributed by atoms with Gasteiger partial charge in [0.15, 0.2) is 5.78 Å². The average Bonchev–Trinajstić information content (AvgIpc) is 2.67. The first-order valence-electron chi connectivity index (χ1n) is 8.68. The number of carbonyl (C=O) groups excluding carboxylic acids is 1. The van der Waals surface area contributed by atoms with E-state index in [9.17, 15) is 9.90 Å². The standard InChI is InChI=1S/C19H26O2/c1-19-9-8-14-10-12-2-4-15(20)11-13(12)3-5-16(14)17(19)6-7-18(19)21/h8,11-12,16-18,21H,2-7,9-10H2,1H3/t12-,16+,17-,18-,19-/m0/s1. The minimum absolute atomic E-state index is 0.105. The summed E-state index contributed by atoms with van der Waals surface area (Å²) in [5, 5.41) is 10.4. The summed E-state index contributed by atoms with van der Waals surface area (Å²) in [6.45, 7) is 2.29. The summed E-state index contributed by atoms with van der Waals surface area (Å²) in [5.41, 5.74) is 3.17. The number of aliphatic hydroxyl groups excluding tert-OH is 1. The molecule has 5 atom stereocenters. The molecule has 1 N–H and O–H groups in total. The highest BCUT2D eigenvalue weighted by Gasteiger charge is 2.51. The zero-order chi connectivity index (χ0) is 14.6. The second-order valence-corrected chi connectivity index (χ2v) is 7.96. The van der Waals surface area contributed by atoms with Gasteiger partial charge in [0.25, 0.3) is 0 Å². The maximum atomic E-state index is 11.7. The number of hydrogen-bond donors (Lipinski definition) is 1. The number of fused-ring (bicyclic) bond motifs is 4. The lowest BCUT2D eigenvalue weighted by molar-refractivity contribution is -0.115. The van der Waals surface area contributed by atoms with E-state index >= 15 is 0 Å². The van der Waals surface area contributed by atoms with Gasteiger partial charge >= 0.3 is 0 Å². The lowest BCUT2D eigenvalue weighted by atomic mass is 9.62. The molecule has 4 aliphatic rings. The van der Waals surface area contributed by atoms with Crippen molar-refractivity contribution in [3.8, 4) is 0 Å². The molecule has 4 rings (SSSR count). The fraction of sp³-hybridized carbons (Fsp3) is 0.737. The summed E-state index contributed by atoms with van der Waals surface area (Å²) in [6.07, 6.45) is 12.8. The van der Waals surface area contributed by atoms with E-state index in [0.29, 0.717) is 23.5 Å². The molecule has 0 aromatic carbocycles. The zero-order valence-electron chi connectivity index (χ0n) is 13.0. The van der Waals surface area contributed by atoms with Crippen LogP contribution in [0, 0.1) is 23.2 Å². The predicted molar refractivity (Wildman–Crippen MR) is 82.7 cm³/mol. The van der Waals surface area contributed by atoms with Crippen LogP contribution in [0.5, 0.6) is 0 Å². The lowest BCUT2D eigenvalue weighted by Crippen LogP contribution is -2.39. The number of hydrogen-bond acceptors (Lipinski definition) is 2. The second kappa shape index (κ2) is 4.81. The highest BCUT2D eigenvalue weighted by atomic mass is 16.3. The molecule has 0 aromatic heterocycles. The average molecular weight is 286 g/mol. The van der Waals surface area contributed by atoms with Crippen molar-refractivity contribution in [3.05, 3.63) is 23.3 Å². The van der Waals surface area contributed by atoms with Crippen molar-refractivity contribution in [1.82, 2.24) is 0 Å². The van der Waals surface area contributed by atoms with E-state index in [1.54, 1.807) is 5.57 Å². The van der Waals surface area contributed by atoms with Crippen LogP contribution < -0.4 is 0 Å². The molecule has 0 heterocycles. The van der Waals surface area contributed by atoms with Crippen molar-refractivity contribution in [3.63, 3.8) is 0 Å². The van der Waals surface area contributed by atoms with Crippen LogP contribution in [-0.2, 0) is 4.79 Å². The number of aliphatic hydroxyl groups is 1. The van der Waals surface area contributed by atoms with Gasteiger partial charge in [0.1, 0.15) is 0 Å². The van der Waals surface area contributed by atoms with E-state index in [2.05, 4.69) is 13.0 Å². The van der Waals surface area contributed by atoms with Crippen LogP contribution in [0.25, 0.3) is 0 Å². The fourth-order valence-electron chi connectivity index (χ4n) is 5.59. The van der Waals surface area contributed by atoms with E-state index < -0.39 is 0 Å². The highest BCUT2D eigenvalue weighted by molar-refractivity contribution is 5.91. The Hall–Kier alpha value is -0.890. The SMILES string of the molecule is C[C@]12CC=C3C[C@@H]4CCC(=O)C=C4CC[C@H]3[C@@H]1CC[C@@H]2O. The third-order valence-electron chi connectivity index (χ3n) is 6.96. The molecule has 2 saturated carbocycles. The van der Waals surface area contributed by atoms with Crippen molar-refractivity contribution in [2.75, 3.05) is 0 Å². The van der Waals surface area contributed by atoms with Crippen molar-refractivity contribution in [1.29, 1.82) is 0 Å². The van der Waals surface area contributed by atoms with Gasteiger partial charge in [0, 0.05) is 11.8 Å². The predicted octanol–water partition coefficient (Wildman–Crippen LogP) is 3.80. The molecule has 0 saturated heterocycles. The van der Waals surface area contributed by atoms with Crippen LogP contribution in [0.3, 0.4) is 0 Å². The van der Waals surface area contributed by atoms with Crippen LogP contribution in [0.1, 0.15) is 58.3 Å². The Balaban J connectivity index is 1.65. The molecule has 0 unspecified atom stereocenters. The zero-order valence-corrected chi connectivity index (χ0v) is 13.0. The van der Waals surface area contributed by atoms with Crippen LogP contribution in [0.2, 0.25) is 0 Å². The van der Waals surface area contributed by atoms with Gasteiger partial charge in [-0.3, -0.25) is 4.79 Å². The topological polar surface area (TPSA) is 37.3 Å². The van der Waals surface area contributed by atoms with Gasteiger partial charge in [-0.1, -0.05) is 24.1 Å². The summed E-state index contributed by atoms with van der Waals surface area (Å²) < 4.78 is 0. The quantitative estimate of drug-likeness (QED) is 0.688. The number of ketones is 1. The Morgan fingerprint density at radius 2 is 2.00 bits per heavy atom. The fourth-order valence-corrected chi connectivity index (χ4v) is 5.59. The van der Waals surface area contributed by atoms with Gasteiger partial charge in [-0.25, -0.2) is 0 Å². The molecule has 0 radical (unpaired) electrons. The molecule has 4 aliphatic carbocycles. The first-order valence-corrected chi connectivity index (χ1v) is 8.68. The highest BCUT2D eigenvalue weighted by Crippen LogP contribution is 2.57. The smallest absolute Gasteiger partial charge is 0.155 e. The maximum Gasteiger partial charge on any atom is 0.155 e. The molecule has 0 aliphatic heterocycles. The minimum atomic E-state index is -0.119. The Labute approximate surface area is 127 Å². The summed E-state index contributed by atoms with van der Waals surface area (Å²) in [7, 11) is 0. The van der Waals surface area contributed by atoms with Gasteiger partial charge in [-0.05, 0) is 68.8 Å². The number of rotatable bonds is 0. The molecule has 0 aromatic rings. The molecule has 2 heteroatoms. The van der Waals surface area contributed by atoms with Crippen LogP contribution in [0.15, 0.2) is 23.3 Å². The Morgan fingerprint density at radius 3 is 2.86 bits per heavy atom. The molecular formula is C19H26O2. The van der Waals surface area contributed by atoms with Gasteiger partial charge in [-0.2, -0.15) is 0 Å². The van der Waals surface area contributed by atoms with Crippen LogP contribution >= 0.6 is 0 Å². The van der Waals surface area contributed by atoms with Crippen molar-refractivity contribution < 1.29 is 9.90 Å². The van der Waals surface area contributed by atoms with Crippen LogP contribution in [-0.4, -0.2) is 17.0 Å². The summed E-state index contributed by atoms with van der Waals surface area (Å²) in [6, 6.07) is 0. The summed E-state index contributed by atoms with van der Waals surface area (Å²) in [4.78, 5) is 11.7.